The first-order valence-corrected chi connectivity index (χ1v) is 7.18. The van der Waals surface area contributed by atoms with Crippen LogP contribution in [0.15, 0.2) is 42.5 Å². The molecule has 0 saturated heterocycles. The third-order valence-electron chi connectivity index (χ3n) is 3.24. The first kappa shape index (κ1) is 17.0. The molecule has 7 nitrogen and oxygen atoms in total. The van der Waals surface area contributed by atoms with Crippen LogP contribution in [0.1, 0.15) is 34.1 Å². The van der Waals surface area contributed by atoms with Gasteiger partial charge in [-0.2, -0.15) is 0 Å². The predicted octanol–water partition coefficient (Wildman–Crippen LogP) is 2.69. The van der Waals surface area contributed by atoms with Crippen molar-refractivity contribution in [2.45, 2.75) is 13.3 Å². The molecule has 0 saturated carbocycles. The standard InChI is InChI=1S/C17H16N2O5/c1-2-15(21)18-11-5-3-10(4-6-11)16(22)19-12-7-8-14(20)13(9-12)17(23)24/h3-9,20H,2H2,1H3,(H,18,21)(H,19,22)(H,23,24). The van der Waals surface area contributed by atoms with E-state index in [0.29, 0.717) is 17.7 Å². The summed E-state index contributed by atoms with van der Waals surface area (Å²) in [6, 6.07) is 10.0. The molecular weight excluding hydrogens is 312 g/mol. The number of hydrogen-bond donors (Lipinski definition) is 4. The van der Waals surface area contributed by atoms with Crippen molar-refractivity contribution >= 4 is 29.2 Å². The number of aromatic hydroxyl groups is 1. The van der Waals surface area contributed by atoms with Gasteiger partial charge >= 0.3 is 5.97 Å². The maximum Gasteiger partial charge on any atom is 0.339 e. The van der Waals surface area contributed by atoms with Gasteiger partial charge < -0.3 is 20.8 Å². The van der Waals surface area contributed by atoms with Crippen molar-refractivity contribution in [3.8, 4) is 5.75 Å². The molecule has 0 heterocycles. The number of phenols is 1. The fraction of sp³-hybridized carbons (Fsp3) is 0.118. The van der Waals surface area contributed by atoms with Gasteiger partial charge in [0.1, 0.15) is 11.3 Å². The van der Waals surface area contributed by atoms with Gasteiger partial charge in [0.05, 0.1) is 0 Å². The molecule has 4 N–H and O–H groups in total. The molecule has 2 rings (SSSR count). The van der Waals surface area contributed by atoms with Crippen molar-refractivity contribution in [1.82, 2.24) is 0 Å². The zero-order chi connectivity index (χ0) is 17.7. The molecule has 2 amide bonds. The zero-order valence-corrected chi connectivity index (χ0v) is 12.9. The topological polar surface area (TPSA) is 116 Å². The van der Waals surface area contributed by atoms with Crippen molar-refractivity contribution in [2.24, 2.45) is 0 Å². The summed E-state index contributed by atoms with van der Waals surface area (Å²) in [5.74, 6) is -2.24. The minimum atomic E-state index is -1.29. The number of benzene rings is 2. The smallest absolute Gasteiger partial charge is 0.339 e. The second-order valence-electron chi connectivity index (χ2n) is 4.97. The van der Waals surface area contributed by atoms with E-state index in [4.69, 9.17) is 5.11 Å². The maximum atomic E-state index is 12.2. The number of carbonyl (C=O) groups is 3. The van der Waals surface area contributed by atoms with Gasteiger partial charge in [0.25, 0.3) is 5.91 Å². The Morgan fingerprint density at radius 2 is 1.58 bits per heavy atom. The van der Waals surface area contributed by atoms with E-state index in [1.807, 2.05) is 0 Å². The molecule has 0 atom stereocenters. The van der Waals surface area contributed by atoms with Gasteiger partial charge in [-0.15, -0.1) is 0 Å². The van der Waals surface area contributed by atoms with E-state index >= 15 is 0 Å². The first-order valence-electron chi connectivity index (χ1n) is 7.18. The van der Waals surface area contributed by atoms with Crippen LogP contribution in [0.2, 0.25) is 0 Å². The van der Waals surface area contributed by atoms with E-state index in [2.05, 4.69) is 10.6 Å². The molecule has 0 aliphatic heterocycles. The number of carboxylic acid groups (broad SMARTS) is 1. The number of carboxylic acids is 1. The highest BCUT2D eigenvalue weighted by atomic mass is 16.4. The van der Waals surface area contributed by atoms with Gasteiger partial charge in [0.2, 0.25) is 5.91 Å². The summed E-state index contributed by atoms with van der Waals surface area (Å²) < 4.78 is 0. The van der Waals surface area contributed by atoms with E-state index in [1.54, 1.807) is 31.2 Å². The van der Waals surface area contributed by atoms with Crippen LogP contribution in [0.4, 0.5) is 11.4 Å². The summed E-state index contributed by atoms with van der Waals surface area (Å²) in [7, 11) is 0. The van der Waals surface area contributed by atoms with Crippen LogP contribution >= 0.6 is 0 Å². The van der Waals surface area contributed by atoms with Crippen molar-refractivity contribution in [3.05, 3.63) is 53.6 Å². The fourth-order valence-corrected chi connectivity index (χ4v) is 1.94. The van der Waals surface area contributed by atoms with Crippen LogP contribution in [0.5, 0.6) is 5.75 Å². The second kappa shape index (κ2) is 7.28. The third-order valence-corrected chi connectivity index (χ3v) is 3.24. The molecular formula is C17H16N2O5. The van der Waals surface area contributed by atoms with E-state index in [-0.39, 0.29) is 22.9 Å². The molecule has 0 aliphatic rings. The van der Waals surface area contributed by atoms with Gasteiger partial charge in [0.15, 0.2) is 0 Å². The van der Waals surface area contributed by atoms with E-state index < -0.39 is 11.9 Å². The van der Waals surface area contributed by atoms with Crippen LogP contribution in [-0.2, 0) is 4.79 Å². The normalized spacial score (nSPS) is 10.0. The Morgan fingerprint density at radius 1 is 0.958 bits per heavy atom. The summed E-state index contributed by atoms with van der Waals surface area (Å²) in [5, 5.41) is 23.6. The Labute approximate surface area is 137 Å². The average Bonchev–Trinajstić information content (AvgIpc) is 2.56. The van der Waals surface area contributed by atoms with Gasteiger partial charge in [-0.05, 0) is 42.5 Å². The van der Waals surface area contributed by atoms with Gasteiger partial charge in [-0.1, -0.05) is 6.92 Å². The molecule has 0 fully saturated rings. The molecule has 124 valence electrons. The van der Waals surface area contributed by atoms with E-state index in [1.165, 1.54) is 18.2 Å². The average molecular weight is 328 g/mol. The monoisotopic (exact) mass is 328 g/mol. The van der Waals surface area contributed by atoms with Crippen molar-refractivity contribution in [2.75, 3.05) is 10.6 Å². The number of nitrogens with one attached hydrogen (secondary N) is 2. The highest BCUT2D eigenvalue weighted by Gasteiger charge is 2.12. The molecule has 0 bridgehead atoms. The lowest BCUT2D eigenvalue weighted by atomic mass is 10.1. The molecule has 0 spiro atoms. The molecule has 7 heteroatoms. The predicted molar refractivity (Wildman–Crippen MR) is 88.4 cm³/mol. The lowest BCUT2D eigenvalue weighted by Gasteiger charge is -2.08. The summed E-state index contributed by atoms with van der Waals surface area (Å²) in [6.07, 6.45) is 0.356. The minimum absolute atomic E-state index is 0.127. The summed E-state index contributed by atoms with van der Waals surface area (Å²) >= 11 is 0. The summed E-state index contributed by atoms with van der Waals surface area (Å²) in [4.78, 5) is 34.4. The Kier molecular flexibility index (Phi) is 5.16. The molecule has 2 aromatic carbocycles. The van der Waals surface area contributed by atoms with Crippen LogP contribution in [0, 0.1) is 0 Å². The number of hydrogen-bond acceptors (Lipinski definition) is 4. The third kappa shape index (κ3) is 4.10. The van der Waals surface area contributed by atoms with Crippen molar-refractivity contribution in [1.29, 1.82) is 0 Å². The highest BCUT2D eigenvalue weighted by molar-refractivity contribution is 6.05. The Bertz CT molecular complexity index is 784. The van der Waals surface area contributed by atoms with Gasteiger partial charge in [0, 0.05) is 23.4 Å². The van der Waals surface area contributed by atoms with Crippen LogP contribution in [0.25, 0.3) is 0 Å². The van der Waals surface area contributed by atoms with E-state index in [0.717, 1.165) is 0 Å². The van der Waals surface area contributed by atoms with Crippen LogP contribution in [0.3, 0.4) is 0 Å². The van der Waals surface area contributed by atoms with Gasteiger partial charge in [-0.3, -0.25) is 9.59 Å². The summed E-state index contributed by atoms with van der Waals surface area (Å²) in [5.41, 5.74) is 0.870. The van der Waals surface area contributed by atoms with E-state index in [9.17, 15) is 19.5 Å². The zero-order valence-electron chi connectivity index (χ0n) is 12.9. The second-order valence-corrected chi connectivity index (χ2v) is 4.97. The lowest BCUT2D eigenvalue weighted by Crippen LogP contribution is -2.13. The van der Waals surface area contributed by atoms with Crippen LogP contribution < -0.4 is 10.6 Å². The molecule has 0 unspecified atom stereocenters. The quantitative estimate of drug-likeness (QED) is 0.630. The molecule has 0 radical (unpaired) electrons. The van der Waals surface area contributed by atoms with Crippen LogP contribution in [-0.4, -0.2) is 28.0 Å². The van der Waals surface area contributed by atoms with Crippen molar-refractivity contribution in [3.63, 3.8) is 0 Å². The Balaban J connectivity index is 2.11. The number of aromatic carboxylic acids is 1. The Hall–Kier alpha value is -3.35. The number of anilines is 2. The number of carbonyl (C=O) groups excluding carboxylic acids is 2. The molecule has 2 aromatic rings. The molecule has 0 aromatic heterocycles. The number of rotatable bonds is 5. The minimum Gasteiger partial charge on any atom is -0.507 e. The SMILES string of the molecule is CCC(=O)Nc1ccc(C(=O)Nc2ccc(O)c(C(=O)O)c2)cc1. The lowest BCUT2D eigenvalue weighted by molar-refractivity contribution is -0.115. The fourth-order valence-electron chi connectivity index (χ4n) is 1.94. The molecule has 24 heavy (non-hydrogen) atoms. The number of amides is 2. The maximum absolute atomic E-state index is 12.2. The largest absolute Gasteiger partial charge is 0.507 e. The first-order chi connectivity index (χ1) is 11.4. The van der Waals surface area contributed by atoms with Gasteiger partial charge in [-0.25, -0.2) is 4.79 Å². The summed E-state index contributed by atoms with van der Waals surface area (Å²) in [6.45, 7) is 1.74. The Morgan fingerprint density at radius 3 is 2.17 bits per heavy atom. The highest BCUT2D eigenvalue weighted by Crippen LogP contribution is 2.22. The molecule has 0 aliphatic carbocycles. The van der Waals surface area contributed by atoms with Crippen molar-refractivity contribution < 1.29 is 24.6 Å².